The summed E-state index contributed by atoms with van der Waals surface area (Å²) in [6.07, 6.45) is 0.756. The Morgan fingerprint density at radius 1 is 1.39 bits per heavy atom. The average molecular weight is 316 g/mol. The molecule has 1 amide bonds. The highest BCUT2D eigenvalue weighted by Crippen LogP contribution is 2.24. The molecule has 0 heterocycles. The predicted octanol–water partition coefficient (Wildman–Crippen LogP) is 2.49. The smallest absolute Gasteiger partial charge is 0.234 e. The highest BCUT2D eigenvalue weighted by Gasteiger charge is 2.12. The highest BCUT2D eigenvalue weighted by molar-refractivity contribution is 9.10. The molecule has 0 saturated carbocycles. The number of hydrogen-bond donors (Lipinski definition) is 1. The van der Waals surface area contributed by atoms with Gasteiger partial charge >= 0.3 is 0 Å². The molecular weight excluding hydrogens is 298 g/mol. The number of methoxy groups -OCH3 is 2. The summed E-state index contributed by atoms with van der Waals surface area (Å²) in [6, 6.07) is 5.52. The van der Waals surface area contributed by atoms with Gasteiger partial charge in [0.2, 0.25) is 5.91 Å². The molecule has 0 saturated heterocycles. The van der Waals surface area contributed by atoms with Crippen LogP contribution in [0.5, 0.6) is 11.5 Å². The molecular formula is C13H18BrNO3. The van der Waals surface area contributed by atoms with Crippen molar-refractivity contribution in [2.24, 2.45) is 0 Å². The molecule has 0 radical (unpaired) electrons. The minimum atomic E-state index is -0.151. The molecule has 1 atom stereocenters. The van der Waals surface area contributed by atoms with Crippen molar-refractivity contribution in [3.8, 4) is 11.5 Å². The van der Waals surface area contributed by atoms with Crippen LogP contribution in [-0.4, -0.2) is 25.0 Å². The molecule has 1 rings (SSSR count). The number of carbonyl (C=O) groups excluding carboxylic acids is 1. The number of ether oxygens (including phenoxy) is 2. The van der Waals surface area contributed by atoms with Crippen LogP contribution in [-0.2, 0) is 11.3 Å². The molecule has 0 unspecified atom stereocenters. The van der Waals surface area contributed by atoms with Crippen LogP contribution in [0.1, 0.15) is 18.9 Å². The lowest BCUT2D eigenvalue weighted by Crippen LogP contribution is -2.30. The van der Waals surface area contributed by atoms with Crippen LogP contribution in [0.3, 0.4) is 0 Å². The molecule has 1 aromatic carbocycles. The molecule has 0 fully saturated rings. The Labute approximate surface area is 116 Å². The van der Waals surface area contributed by atoms with Crippen LogP contribution in [0.25, 0.3) is 0 Å². The highest BCUT2D eigenvalue weighted by atomic mass is 79.9. The number of carbonyl (C=O) groups is 1. The van der Waals surface area contributed by atoms with Gasteiger partial charge in [-0.3, -0.25) is 4.79 Å². The molecule has 0 bridgehead atoms. The first-order valence-electron chi connectivity index (χ1n) is 5.75. The van der Waals surface area contributed by atoms with E-state index >= 15 is 0 Å². The largest absolute Gasteiger partial charge is 0.497 e. The summed E-state index contributed by atoms with van der Waals surface area (Å²) in [7, 11) is 3.20. The van der Waals surface area contributed by atoms with Gasteiger partial charge in [-0.05, 0) is 18.6 Å². The molecule has 0 aromatic heterocycles. The van der Waals surface area contributed by atoms with E-state index < -0.39 is 0 Å². The van der Waals surface area contributed by atoms with Crippen molar-refractivity contribution in [2.45, 2.75) is 24.7 Å². The second-order valence-electron chi connectivity index (χ2n) is 3.77. The number of amides is 1. The number of nitrogens with one attached hydrogen (secondary N) is 1. The van der Waals surface area contributed by atoms with Crippen molar-refractivity contribution in [2.75, 3.05) is 14.2 Å². The normalized spacial score (nSPS) is 11.8. The Morgan fingerprint density at radius 2 is 2.11 bits per heavy atom. The van der Waals surface area contributed by atoms with E-state index in [0.29, 0.717) is 12.3 Å². The minimum absolute atomic E-state index is 0.0182. The Bertz CT molecular complexity index is 409. The van der Waals surface area contributed by atoms with Crippen molar-refractivity contribution in [1.29, 1.82) is 0 Å². The third kappa shape index (κ3) is 3.91. The molecule has 100 valence electrons. The van der Waals surface area contributed by atoms with Crippen molar-refractivity contribution >= 4 is 21.8 Å². The van der Waals surface area contributed by atoms with Crippen molar-refractivity contribution in [1.82, 2.24) is 5.32 Å². The zero-order valence-electron chi connectivity index (χ0n) is 10.8. The summed E-state index contributed by atoms with van der Waals surface area (Å²) in [5.74, 6) is 1.42. The quantitative estimate of drug-likeness (QED) is 0.820. The van der Waals surface area contributed by atoms with Gasteiger partial charge in [-0.25, -0.2) is 0 Å². The van der Waals surface area contributed by atoms with E-state index in [1.165, 1.54) is 0 Å². The van der Waals surface area contributed by atoms with Gasteiger partial charge in [0.15, 0.2) is 0 Å². The Balaban J connectivity index is 2.70. The maximum atomic E-state index is 11.6. The number of alkyl halides is 1. The van der Waals surface area contributed by atoms with Gasteiger partial charge in [-0.2, -0.15) is 0 Å². The second-order valence-corrected chi connectivity index (χ2v) is 4.88. The summed E-state index contributed by atoms with van der Waals surface area (Å²) < 4.78 is 10.4. The fraction of sp³-hybridized carbons (Fsp3) is 0.462. The molecule has 0 aliphatic carbocycles. The first-order valence-corrected chi connectivity index (χ1v) is 6.66. The van der Waals surface area contributed by atoms with Crippen LogP contribution in [0.2, 0.25) is 0 Å². The molecule has 0 spiro atoms. The third-order valence-corrected chi connectivity index (χ3v) is 3.65. The SMILES string of the molecule is CC[C@@H](Br)C(=O)NCc1ccc(OC)cc1OC. The van der Waals surface area contributed by atoms with Gasteiger partial charge in [0, 0.05) is 18.2 Å². The zero-order chi connectivity index (χ0) is 13.5. The van der Waals surface area contributed by atoms with Crippen molar-refractivity contribution in [3.05, 3.63) is 23.8 Å². The number of halogens is 1. The van der Waals surface area contributed by atoms with E-state index in [-0.39, 0.29) is 10.7 Å². The van der Waals surface area contributed by atoms with Gasteiger partial charge in [0.25, 0.3) is 0 Å². The van der Waals surface area contributed by atoms with E-state index in [1.807, 2.05) is 19.1 Å². The molecule has 18 heavy (non-hydrogen) atoms. The summed E-state index contributed by atoms with van der Waals surface area (Å²) in [5, 5.41) is 2.86. The van der Waals surface area contributed by atoms with Gasteiger partial charge in [-0.1, -0.05) is 22.9 Å². The van der Waals surface area contributed by atoms with Crippen molar-refractivity contribution < 1.29 is 14.3 Å². The van der Waals surface area contributed by atoms with Gasteiger partial charge in [0.1, 0.15) is 11.5 Å². The van der Waals surface area contributed by atoms with Crippen LogP contribution in [0, 0.1) is 0 Å². The number of hydrogen-bond acceptors (Lipinski definition) is 3. The molecule has 1 N–H and O–H groups in total. The molecule has 5 heteroatoms. The minimum Gasteiger partial charge on any atom is -0.497 e. The third-order valence-electron chi connectivity index (χ3n) is 2.59. The summed E-state index contributed by atoms with van der Waals surface area (Å²) in [6.45, 7) is 2.39. The average Bonchev–Trinajstić information content (AvgIpc) is 2.43. The molecule has 1 aromatic rings. The lowest BCUT2D eigenvalue weighted by molar-refractivity contribution is -0.120. The van der Waals surface area contributed by atoms with Crippen LogP contribution >= 0.6 is 15.9 Å². The fourth-order valence-corrected chi connectivity index (χ4v) is 1.64. The molecule has 0 aliphatic rings. The van der Waals surface area contributed by atoms with Crippen LogP contribution < -0.4 is 14.8 Å². The van der Waals surface area contributed by atoms with E-state index in [9.17, 15) is 4.79 Å². The second kappa shape index (κ2) is 7.26. The number of rotatable bonds is 6. The zero-order valence-corrected chi connectivity index (χ0v) is 12.4. The first-order chi connectivity index (χ1) is 8.62. The Hall–Kier alpha value is -1.23. The maximum Gasteiger partial charge on any atom is 0.234 e. The molecule has 4 nitrogen and oxygen atoms in total. The van der Waals surface area contributed by atoms with Crippen LogP contribution in [0.15, 0.2) is 18.2 Å². The van der Waals surface area contributed by atoms with E-state index in [2.05, 4.69) is 21.2 Å². The topological polar surface area (TPSA) is 47.6 Å². The lowest BCUT2D eigenvalue weighted by atomic mass is 10.2. The van der Waals surface area contributed by atoms with Gasteiger partial charge in [-0.15, -0.1) is 0 Å². The van der Waals surface area contributed by atoms with E-state index in [0.717, 1.165) is 17.7 Å². The van der Waals surface area contributed by atoms with E-state index in [4.69, 9.17) is 9.47 Å². The summed E-state index contributed by atoms with van der Waals surface area (Å²) >= 11 is 3.31. The van der Waals surface area contributed by atoms with Crippen molar-refractivity contribution in [3.63, 3.8) is 0 Å². The molecule has 0 aliphatic heterocycles. The lowest BCUT2D eigenvalue weighted by Gasteiger charge is -2.12. The first kappa shape index (κ1) is 14.8. The fourth-order valence-electron chi connectivity index (χ4n) is 1.48. The Kier molecular flexibility index (Phi) is 5.98. The van der Waals surface area contributed by atoms with E-state index in [1.54, 1.807) is 20.3 Å². The van der Waals surface area contributed by atoms with Crippen LogP contribution in [0.4, 0.5) is 0 Å². The summed E-state index contributed by atoms with van der Waals surface area (Å²) in [5.41, 5.74) is 0.919. The Morgan fingerprint density at radius 3 is 2.67 bits per heavy atom. The summed E-state index contributed by atoms with van der Waals surface area (Å²) in [4.78, 5) is 11.5. The number of benzene rings is 1. The maximum absolute atomic E-state index is 11.6. The standard InChI is InChI=1S/C13H18BrNO3/c1-4-11(14)13(16)15-8-9-5-6-10(17-2)7-12(9)18-3/h5-7,11H,4,8H2,1-3H3,(H,15,16)/t11-/m1/s1. The predicted molar refractivity (Wildman–Crippen MR) is 74.4 cm³/mol. The van der Waals surface area contributed by atoms with Gasteiger partial charge < -0.3 is 14.8 Å². The van der Waals surface area contributed by atoms with Gasteiger partial charge in [0.05, 0.1) is 19.0 Å². The monoisotopic (exact) mass is 315 g/mol.